The van der Waals surface area contributed by atoms with Crippen molar-refractivity contribution >= 4 is 22.9 Å². The van der Waals surface area contributed by atoms with Crippen molar-refractivity contribution in [3.8, 4) is 10.7 Å². The molecule has 0 bridgehead atoms. The van der Waals surface area contributed by atoms with Gasteiger partial charge in [-0.3, -0.25) is 5.10 Å². The number of halogens is 1. The van der Waals surface area contributed by atoms with Crippen LogP contribution in [0.2, 0.25) is 5.02 Å². The molecule has 3 aromatic rings. The Morgan fingerprint density at radius 2 is 2.18 bits per heavy atom. The summed E-state index contributed by atoms with van der Waals surface area (Å²) >= 11 is 7.60. The van der Waals surface area contributed by atoms with Gasteiger partial charge in [-0.15, -0.1) is 11.3 Å². The van der Waals surface area contributed by atoms with Crippen molar-refractivity contribution in [3.05, 3.63) is 51.4 Å². The van der Waals surface area contributed by atoms with Gasteiger partial charge in [0, 0.05) is 17.9 Å². The highest BCUT2D eigenvalue weighted by molar-refractivity contribution is 7.15. The molecule has 1 aromatic carbocycles. The normalized spacial score (nSPS) is 11.0. The fourth-order valence-electron chi connectivity index (χ4n) is 2.21. The van der Waals surface area contributed by atoms with Crippen molar-refractivity contribution < 1.29 is 0 Å². The Morgan fingerprint density at radius 1 is 1.32 bits per heavy atom. The minimum Gasteiger partial charge on any atom is -0.330 e. The van der Waals surface area contributed by atoms with Crippen LogP contribution < -0.4 is 5.73 Å². The number of nitrogens with one attached hydrogen (secondary N) is 1. The zero-order chi connectivity index (χ0) is 15.5. The Bertz CT molecular complexity index is 780. The summed E-state index contributed by atoms with van der Waals surface area (Å²) in [7, 11) is 0. The standard InChI is InChI=1S/C15H16ClN5S/c1-9-14(22-13(18-9)5-6-17)15-19-12(20-21-15)8-10-3-2-4-11(16)7-10/h2-4,7H,5-6,8,17H2,1H3,(H,19,20,21). The first-order valence-corrected chi connectivity index (χ1v) is 8.17. The molecule has 5 nitrogen and oxygen atoms in total. The summed E-state index contributed by atoms with van der Waals surface area (Å²) in [6.45, 7) is 2.57. The van der Waals surface area contributed by atoms with Crippen LogP contribution in [0.25, 0.3) is 10.7 Å². The van der Waals surface area contributed by atoms with E-state index in [1.54, 1.807) is 11.3 Å². The largest absolute Gasteiger partial charge is 0.330 e. The number of hydrogen-bond donors (Lipinski definition) is 2. The third kappa shape index (κ3) is 3.35. The molecule has 0 saturated heterocycles. The zero-order valence-electron chi connectivity index (χ0n) is 12.1. The number of rotatable bonds is 5. The highest BCUT2D eigenvalue weighted by Crippen LogP contribution is 2.27. The van der Waals surface area contributed by atoms with Crippen molar-refractivity contribution in [2.24, 2.45) is 5.73 Å². The van der Waals surface area contributed by atoms with Crippen LogP contribution in [0.5, 0.6) is 0 Å². The molecule has 0 unspecified atom stereocenters. The molecule has 0 spiro atoms. The Morgan fingerprint density at radius 3 is 2.95 bits per heavy atom. The molecule has 0 aliphatic carbocycles. The molecule has 0 atom stereocenters. The molecular formula is C15H16ClN5S. The zero-order valence-corrected chi connectivity index (χ0v) is 13.7. The van der Waals surface area contributed by atoms with Gasteiger partial charge in [0.2, 0.25) is 0 Å². The summed E-state index contributed by atoms with van der Waals surface area (Å²) in [6.07, 6.45) is 1.45. The second-order valence-electron chi connectivity index (χ2n) is 4.97. The van der Waals surface area contributed by atoms with Gasteiger partial charge in [-0.2, -0.15) is 5.10 Å². The Balaban J connectivity index is 1.81. The average Bonchev–Trinajstić information content (AvgIpc) is 3.06. The molecular weight excluding hydrogens is 318 g/mol. The maximum Gasteiger partial charge on any atom is 0.193 e. The van der Waals surface area contributed by atoms with Gasteiger partial charge in [0.1, 0.15) is 5.82 Å². The summed E-state index contributed by atoms with van der Waals surface area (Å²) in [6, 6.07) is 7.74. The molecule has 0 radical (unpaired) electrons. The van der Waals surface area contributed by atoms with Gasteiger partial charge < -0.3 is 5.73 Å². The quantitative estimate of drug-likeness (QED) is 0.752. The predicted octanol–water partition coefficient (Wildman–Crippen LogP) is 2.98. The predicted molar refractivity (Wildman–Crippen MR) is 89.2 cm³/mol. The summed E-state index contributed by atoms with van der Waals surface area (Å²) in [5.41, 5.74) is 7.62. The van der Waals surface area contributed by atoms with Gasteiger partial charge in [-0.1, -0.05) is 23.7 Å². The average molecular weight is 334 g/mol. The first kappa shape index (κ1) is 15.1. The van der Waals surface area contributed by atoms with E-state index in [2.05, 4.69) is 20.2 Å². The minimum absolute atomic E-state index is 0.598. The van der Waals surface area contributed by atoms with E-state index in [4.69, 9.17) is 17.3 Å². The summed E-state index contributed by atoms with van der Waals surface area (Å²) in [5.74, 6) is 1.50. The Kier molecular flexibility index (Phi) is 4.52. The van der Waals surface area contributed by atoms with E-state index in [1.807, 2.05) is 31.2 Å². The molecule has 0 aliphatic rings. The van der Waals surface area contributed by atoms with E-state index in [9.17, 15) is 0 Å². The van der Waals surface area contributed by atoms with Gasteiger partial charge in [-0.05, 0) is 31.2 Å². The third-order valence-electron chi connectivity index (χ3n) is 3.19. The highest BCUT2D eigenvalue weighted by Gasteiger charge is 2.14. The van der Waals surface area contributed by atoms with Crippen molar-refractivity contribution in [1.82, 2.24) is 20.2 Å². The number of benzene rings is 1. The van der Waals surface area contributed by atoms with Crippen molar-refractivity contribution in [2.45, 2.75) is 19.8 Å². The number of H-pyrrole nitrogens is 1. The summed E-state index contributed by atoms with van der Waals surface area (Å²) in [5, 5.41) is 9.05. The van der Waals surface area contributed by atoms with E-state index < -0.39 is 0 Å². The van der Waals surface area contributed by atoms with Gasteiger partial charge in [0.15, 0.2) is 5.82 Å². The minimum atomic E-state index is 0.598. The lowest BCUT2D eigenvalue weighted by Crippen LogP contribution is -2.01. The molecule has 2 aromatic heterocycles. The SMILES string of the molecule is Cc1nc(CCN)sc1-c1n[nH]c(Cc2cccc(Cl)c2)n1. The lowest BCUT2D eigenvalue weighted by atomic mass is 10.1. The first-order chi connectivity index (χ1) is 10.7. The first-order valence-electron chi connectivity index (χ1n) is 6.98. The fraction of sp³-hybridized carbons (Fsp3) is 0.267. The molecule has 2 heterocycles. The van der Waals surface area contributed by atoms with Gasteiger partial charge in [0.25, 0.3) is 0 Å². The molecule has 0 saturated carbocycles. The van der Waals surface area contributed by atoms with Crippen molar-refractivity contribution in [3.63, 3.8) is 0 Å². The maximum absolute atomic E-state index is 6.00. The lowest BCUT2D eigenvalue weighted by molar-refractivity contribution is 0.945. The van der Waals surface area contributed by atoms with Crippen LogP contribution in [0.4, 0.5) is 0 Å². The van der Waals surface area contributed by atoms with Crippen LogP contribution in [-0.4, -0.2) is 26.7 Å². The van der Waals surface area contributed by atoms with E-state index in [1.165, 1.54) is 0 Å². The van der Waals surface area contributed by atoms with E-state index in [-0.39, 0.29) is 0 Å². The van der Waals surface area contributed by atoms with Gasteiger partial charge >= 0.3 is 0 Å². The van der Waals surface area contributed by atoms with Crippen LogP contribution in [0.15, 0.2) is 24.3 Å². The molecule has 0 aliphatic heterocycles. The topological polar surface area (TPSA) is 80.5 Å². The summed E-state index contributed by atoms with van der Waals surface area (Å²) in [4.78, 5) is 10.1. The Hall–Kier alpha value is -1.76. The smallest absolute Gasteiger partial charge is 0.193 e. The van der Waals surface area contributed by atoms with Crippen LogP contribution in [-0.2, 0) is 12.8 Å². The van der Waals surface area contributed by atoms with Crippen LogP contribution >= 0.6 is 22.9 Å². The maximum atomic E-state index is 6.00. The molecule has 3 rings (SSSR count). The summed E-state index contributed by atoms with van der Waals surface area (Å²) < 4.78 is 0. The number of aromatic nitrogens is 4. The van der Waals surface area contributed by atoms with E-state index >= 15 is 0 Å². The highest BCUT2D eigenvalue weighted by atomic mass is 35.5. The molecule has 3 N–H and O–H groups in total. The lowest BCUT2D eigenvalue weighted by Gasteiger charge is -1.97. The number of thiazole rings is 1. The molecule has 7 heteroatoms. The number of aromatic amines is 1. The van der Waals surface area contributed by atoms with E-state index in [0.29, 0.717) is 18.8 Å². The fourth-order valence-corrected chi connectivity index (χ4v) is 3.43. The number of nitrogens with zero attached hydrogens (tertiary/aromatic N) is 3. The van der Waals surface area contributed by atoms with Crippen molar-refractivity contribution in [2.75, 3.05) is 6.54 Å². The molecule has 22 heavy (non-hydrogen) atoms. The van der Waals surface area contributed by atoms with Crippen LogP contribution in [0.3, 0.4) is 0 Å². The number of hydrogen-bond acceptors (Lipinski definition) is 5. The number of nitrogens with two attached hydrogens (primary N) is 1. The molecule has 114 valence electrons. The Labute approximate surface area is 137 Å². The third-order valence-corrected chi connectivity index (χ3v) is 4.64. The number of aryl methyl sites for hydroxylation is 1. The van der Waals surface area contributed by atoms with Crippen molar-refractivity contribution in [1.29, 1.82) is 0 Å². The van der Waals surface area contributed by atoms with E-state index in [0.717, 1.165) is 38.4 Å². The van der Waals surface area contributed by atoms with Crippen LogP contribution in [0.1, 0.15) is 22.1 Å². The second-order valence-corrected chi connectivity index (χ2v) is 6.49. The molecule has 0 fully saturated rings. The monoisotopic (exact) mass is 333 g/mol. The van der Waals surface area contributed by atoms with Gasteiger partial charge in [0.05, 0.1) is 15.6 Å². The van der Waals surface area contributed by atoms with Crippen LogP contribution in [0, 0.1) is 6.92 Å². The second kappa shape index (κ2) is 6.56. The van der Waals surface area contributed by atoms with Gasteiger partial charge in [-0.25, -0.2) is 9.97 Å². The molecule has 0 amide bonds.